The van der Waals surface area contributed by atoms with Crippen molar-refractivity contribution in [3.05, 3.63) is 51.4 Å². The summed E-state index contributed by atoms with van der Waals surface area (Å²) >= 11 is 3.18. The minimum Gasteiger partial charge on any atom is -0.478 e. The van der Waals surface area contributed by atoms with E-state index >= 15 is 0 Å². The van der Waals surface area contributed by atoms with Crippen molar-refractivity contribution in [2.75, 3.05) is 5.32 Å². The van der Waals surface area contributed by atoms with E-state index in [9.17, 15) is 14.3 Å². The third kappa shape index (κ3) is 2.49. The Morgan fingerprint density at radius 2 is 1.88 bits per heavy atom. The fraction of sp³-hybridized carbons (Fsp3) is 0.333. The summed E-state index contributed by atoms with van der Waals surface area (Å²) < 4.78 is 13.8. The van der Waals surface area contributed by atoms with Crippen LogP contribution in [-0.4, -0.2) is 16.1 Å². The van der Waals surface area contributed by atoms with Gasteiger partial charge in [-0.3, -0.25) is 0 Å². The minimum atomic E-state index is -0.914. The van der Waals surface area contributed by atoms with E-state index in [-0.39, 0.29) is 5.82 Å². The highest BCUT2D eigenvalue weighted by atomic mass is 79.9. The smallest absolute Gasteiger partial charge is 0.337 e. The van der Waals surface area contributed by atoms with Crippen molar-refractivity contribution in [2.24, 2.45) is 0 Å². The third-order valence-electron chi connectivity index (χ3n) is 5.11. The maximum atomic E-state index is 13.4. The molecule has 4 nitrogen and oxygen atoms in total. The number of fused-ring (bicyclic) bond motifs is 2. The Kier molecular flexibility index (Phi) is 3.79. The lowest BCUT2D eigenvalue weighted by Gasteiger charge is -2.39. The van der Waals surface area contributed by atoms with Gasteiger partial charge in [0, 0.05) is 17.4 Å². The van der Waals surface area contributed by atoms with E-state index in [1.807, 2.05) is 0 Å². The topological polar surface area (TPSA) is 62.2 Å². The molecule has 3 aliphatic carbocycles. The maximum absolute atomic E-state index is 13.4. The van der Waals surface area contributed by atoms with Crippen molar-refractivity contribution in [1.82, 2.24) is 4.98 Å². The molecule has 0 aliphatic heterocycles. The molecule has 2 aromatic rings. The number of benzene rings is 1. The first-order valence-corrected chi connectivity index (χ1v) is 8.82. The number of carbonyl (C=O) groups is 1. The highest BCUT2D eigenvalue weighted by molar-refractivity contribution is 9.10. The van der Waals surface area contributed by atoms with Gasteiger partial charge in [0.25, 0.3) is 0 Å². The van der Waals surface area contributed by atoms with Crippen LogP contribution >= 0.6 is 15.9 Å². The summed E-state index contributed by atoms with van der Waals surface area (Å²) in [5.74, 6) is 0.115. The second kappa shape index (κ2) is 5.84. The maximum Gasteiger partial charge on any atom is 0.337 e. The van der Waals surface area contributed by atoms with Gasteiger partial charge in [-0.1, -0.05) is 0 Å². The van der Waals surface area contributed by atoms with Gasteiger partial charge < -0.3 is 10.4 Å². The number of carboxylic acids is 1. The van der Waals surface area contributed by atoms with Crippen LogP contribution in [0.4, 0.5) is 15.9 Å². The normalized spacial score (nSPS) is 21.4. The van der Waals surface area contributed by atoms with Crippen LogP contribution in [0, 0.1) is 5.82 Å². The first-order chi connectivity index (χ1) is 11.5. The van der Waals surface area contributed by atoms with E-state index in [0.717, 1.165) is 42.5 Å². The molecular weight excluding hydrogens is 375 g/mol. The van der Waals surface area contributed by atoms with Crippen molar-refractivity contribution in [3.8, 4) is 0 Å². The first-order valence-electron chi connectivity index (χ1n) is 8.02. The molecule has 0 amide bonds. The third-order valence-corrected chi connectivity index (χ3v) is 5.72. The van der Waals surface area contributed by atoms with Crippen LogP contribution in [0.3, 0.4) is 0 Å². The van der Waals surface area contributed by atoms with Crippen molar-refractivity contribution >= 4 is 33.4 Å². The monoisotopic (exact) mass is 390 g/mol. The number of aromatic nitrogens is 1. The Labute approximate surface area is 147 Å². The van der Waals surface area contributed by atoms with E-state index in [2.05, 4.69) is 26.2 Å². The Morgan fingerprint density at radius 1 is 1.21 bits per heavy atom. The van der Waals surface area contributed by atoms with Crippen molar-refractivity contribution in [2.45, 2.75) is 37.5 Å². The Bertz CT molecular complexity index is 832. The average molecular weight is 391 g/mol. The number of rotatable bonds is 3. The number of nitrogens with zero attached hydrogens (tertiary/aromatic N) is 1. The lowest BCUT2D eigenvalue weighted by Crippen LogP contribution is -2.26. The molecule has 1 heterocycles. The second-order valence-corrected chi connectivity index (χ2v) is 7.31. The molecule has 2 N–H and O–H groups in total. The van der Waals surface area contributed by atoms with Crippen molar-refractivity contribution in [3.63, 3.8) is 0 Å². The number of halogens is 2. The summed E-state index contributed by atoms with van der Waals surface area (Å²) in [7, 11) is 0. The van der Waals surface area contributed by atoms with E-state index in [1.165, 1.54) is 12.3 Å². The lowest BCUT2D eigenvalue weighted by atomic mass is 9.66. The lowest BCUT2D eigenvalue weighted by molar-refractivity contribution is 0.0693. The van der Waals surface area contributed by atoms with Gasteiger partial charge in [-0.2, -0.15) is 0 Å². The van der Waals surface area contributed by atoms with Gasteiger partial charge in [0.15, 0.2) is 0 Å². The zero-order valence-corrected chi connectivity index (χ0v) is 14.4. The molecule has 0 saturated heterocycles. The molecule has 0 unspecified atom stereocenters. The predicted octanol–water partition coefficient (Wildman–Crippen LogP) is 5.18. The predicted molar refractivity (Wildman–Crippen MR) is 92.5 cm³/mol. The Hall–Kier alpha value is -1.95. The van der Waals surface area contributed by atoms with Crippen LogP contribution < -0.4 is 5.32 Å². The van der Waals surface area contributed by atoms with Crippen LogP contribution in [-0.2, 0) is 0 Å². The number of pyridine rings is 1. The number of hydrogen-bond acceptors (Lipinski definition) is 3. The summed E-state index contributed by atoms with van der Waals surface area (Å²) in [4.78, 5) is 16.0. The van der Waals surface area contributed by atoms with Crippen LogP contribution in [0.25, 0.3) is 0 Å². The molecule has 3 aliphatic rings. The fourth-order valence-electron chi connectivity index (χ4n) is 4.05. The average Bonchev–Trinajstić information content (AvgIpc) is 2.59. The highest BCUT2D eigenvalue weighted by Crippen LogP contribution is 2.52. The Balaban J connectivity index is 1.81. The van der Waals surface area contributed by atoms with Gasteiger partial charge in [-0.05, 0) is 77.2 Å². The molecule has 2 bridgehead atoms. The van der Waals surface area contributed by atoms with Gasteiger partial charge >= 0.3 is 5.97 Å². The number of anilines is 2. The molecule has 0 spiro atoms. The van der Waals surface area contributed by atoms with Crippen LogP contribution in [0.2, 0.25) is 0 Å². The molecule has 0 atom stereocenters. The summed E-state index contributed by atoms with van der Waals surface area (Å²) in [5, 5.41) is 12.8. The molecule has 1 aromatic heterocycles. The largest absolute Gasteiger partial charge is 0.478 e. The van der Waals surface area contributed by atoms with E-state index in [0.29, 0.717) is 27.7 Å². The zero-order chi connectivity index (χ0) is 16.8. The number of aromatic carboxylic acids is 1. The summed E-state index contributed by atoms with van der Waals surface area (Å²) in [6.45, 7) is 0. The highest BCUT2D eigenvalue weighted by Gasteiger charge is 2.38. The van der Waals surface area contributed by atoms with Crippen LogP contribution in [0.1, 0.15) is 59.0 Å². The zero-order valence-electron chi connectivity index (χ0n) is 12.9. The number of nitrogens with one attached hydrogen (secondary N) is 1. The molecule has 5 rings (SSSR count). The standard InChI is InChI=1S/C18H16BrFN2O2/c19-13-7-11(5-6-14(13)20)22-17-16-10-3-1-9(2-4-10)15(16)12(8-21-17)18(23)24/h5-10H,1-4H2,(H,21,22)(H,23,24). The minimum absolute atomic E-state index is 0.305. The van der Waals surface area contributed by atoms with E-state index < -0.39 is 5.97 Å². The van der Waals surface area contributed by atoms with Crippen LogP contribution in [0.5, 0.6) is 0 Å². The first kappa shape index (κ1) is 15.6. The van der Waals surface area contributed by atoms with Gasteiger partial charge in [-0.15, -0.1) is 0 Å². The molecule has 24 heavy (non-hydrogen) atoms. The summed E-state index contributed by atoms with van der Waals surface area (Å²) in [5.41, 5.74) is 3.04. The summed E-state index contributed by atoms with van der Waals surface area (Å²) in [6, 6.07) is 4.70. The van der Waals surface area contributed by atoms with Gasteiger partial charge in [-0.25, -0.2) is 14.2 Å². The van der Waals surface area contributed by atoms with Gasteiger partial charge in [0.1, 0.15) is 11.6 Å². The molecule has 6 heteroatoms. The molecular formula is C18H16BrFN2O2. The molecule has 1 saturated carbocycles. The van der Waals surface area contributed by atoms with Gasteiger partial charge in [0.2, 0.25) is 0 Å². The molecule has 1 fully saturated rings. The quantitative estimate of drug-likeness (QED) is 0.757. The van der Waals surface area contributed by atoms with Crippen molar-refractivity contribution < 1.29 is 14.3 Å². The fourth-order valence-corrected chi connectivity index (χ4v) is 4.42. The molecule has 1 aromatic carbocycles. The number of carboxylic acid groups (broad SMARTS) is 1. The van der Waals surface area contributed by atoms with E-state index in [4.69, 9.17) is 0 Å². The molecule has 0 radical (unpaired) electrons. The van der Waals surface area contributed by atoms with Gasteiger partial charge in [0.05, 0.1) is 10.0 Å². The SMILES string of the molecule is O=C(O)c1cnc(Nc2ccc(F)c(Br)c2)c2c1C1CCC2CC1. The molecule has 124 valence electrons. The van der Waals surface area contributed by atoms with Crippen LogP contribution in [0.15, 0.2) is 28.9 Å². The second-order valence-electron chi connectivity index (χ2n) is 6.46. The number of hydrogen-bond donors (Lipinski definition) is 2. The van der Waals surface area contributed by atoms with E-state index in [1.54, 1.807) is 12.1 Å². The van der Waals surface area contributed by atoms with Crippen molar-refractivity contribution in [1.29, 1.82) is 0 Å². The Morgan fingerprint density at radius 3 is 2.50 bits per heavy atom. The summed E-state index contributed by atoms with van der Waals surface area (Å²) in [6.07, 6.45) is 5.68.